The van der Waals surface area contributed by atoms with Crippen molar-refractivity contribution in [1.29, 1.82) is 5.26 Å². The number of fused-ring (bicyclic) bond motifs is 1. The van der Waals surface area contributed by atoms with Crippen LogP contribution >= 0.6 is 0 Å². The number of pyridine rings is 1. The summed E-state index contributed by atoms with van der Waals surface area (Å²) in [5.74, 6) is 1.39. The summed E-state index contributed by atoms with van der Waals surface area (Å²) >= 11 is 0. The summed E-state index contributed by atoms with van der Waals surface area (Å²) in [4.78, 5) is 20.6. The average Bonchev–Trinajstić information content (AvgIpc) is 2.81. The minimum absolute atomic E-state index is 0.0184. The first-order valence-corrected chi connectivity index (χ1v) is 11.5. The fraction of sp³-hybridized carbons (Fsp3) is 0.423. The summed E-state index contributed by atoms with van der Waals surface area (Å²) in [6.45, 7) is 6.57. The van der Waals surface area contributed by atoms with Crippen LogP contribution in [0.1, 0.15) is 38.2 Å². The van der Waals surface area contributed by atoms with Crippen molar-refractivity contribution in [2.45, 2.75) is 32.6 Å². The minimum Gasteiger partial charge on any atom is -0.497 e. The number of morpholine rings is 1. The second-order valence-electron chi connectivity index (χ2n) is 9.76. The number of carbonyl (C=O) groups excluding carboxylic acids is 1. The van der Waals surface area contributed by atoms with E-state index in [4.69, 9.17) is 24.9 Å². The summed E-state index contributed by atoms with van der Waals surface area (Å²) < 4.78 is 16.9. The number of nitrogens with two attached hydrogens (primary N) is 1. The van der Waals surface area contributed by atoms with E-state index in [1.54, 1.807) is 7.11 Å². The number of nitriles is 1. The molecule has 8 nitrogen and oxygen atoms in total. The number of anilines is 1. The number of benzene rings is 1. The van der Waals surface area contributed by atoms with Gasteiger partial charge in [-0.2, -0.15) is 5.26 Å². The molecule has 1 saturated heterocycles. The fourth-order valence-electron chi connectivity index (χ4n) is 5.12. The van der Waals surface area contributed by atoms with Crippen molar-refractivity contribution < 1.29 is 19.0 Å². The van der Waals surface area contributed by atoms with E-state index in [9.17, 15) is 10.1 Å². The molecule has 8 heteroatoms. The Bertz CT molecular complexity index is 1280. The van der Waals surface area contributed by atoms with Gasteiger partial charge >= 0.3 is 0 Å². The quantitative estimate of drug-likeness (QED) is 0.741. The minimum atomic E-state index is -0.640. The number of aromatic nitrogens is 1. The second-order valence-corrected chi connectivity index (χ2v) is 9.76. The van der Waals surface area contributed by atoms with Crippen molar-refractivity contribution in [1.82, 2.24) is 4.98 Å². The molecule has 1 aromatic heterocycles. The van der Waals surface area contributed by atoms with Gasteiger partial charge in [0.2, 0.25) is 5.88 Å². The zero-order chi connectivity index (χ0) is 24.0. The molecular formula is C26H28N4O4. The summed E-state index contributed by atoms with van der Waals surface area (Å²) in [7, 11) is 1.62. The van der Waals surface area contributed by atoms with Gasteiger partial charge in [0.15, 0.2) is 5.78 Å². The lowest BCUT2D eigenvalue weighted by Crippen LogP contribution is -2.38. The van der Waals surface area contributed by atoms with Crippen molar-refractivity contribution >= 4 is 22.5 Å². The monoisotopic (exact) mass is 460 g/mol. The van der Waals surface area contributed by atoms with Crippen LogP contribution in [0.5, 0.6) is 5.75 Å². The number of methoxy groups -OCH3 is 1. The highest BCUT2D eigenvalue weighted by molar-refractivity contribution is 6.00. The number of ether oxygens (including phenoxy) is 3. The van der Waals surface area contributed by atoms with Gasteiger partial charge in [-0.3, -0.25) is 4.79 Å². The van der Waals surface area contributed by atoms with Crippen molar-refractivity contribution in [3.05, 3.63) is 52.6 Å². The number of hydrogen-bond acceptors (Lipinski definition) is 8. The third-order valence-corrected chi connectivity index (χ3v) is 6.73. The molecular weight excluding hydrogens is 432 g/mol. The zero-order valence-electron chi connectivity index (χ0n) is 19.7. The van der Waals surface area contributed by atoms with Crippen LogP contribution in [0.4, 0.5) is 5.82 Å². The molecule has 0 amide bonds. The molecule has 1 atom stereocenters. The summed E-state index contributed by atoms with van der Waals surface area (Å²) in [6, 6.07) is 9.93. The van der Waals surface area contributed by atoms with Crippen LogP contribution in [-0.4, -0.2) is 44.2 Å². The summed E-state index contributed by atoms with van der Waals surface area (Å²) in [5, 5.41) is 11.0. The van der Waals surface area contributed by atoms with Crippen LogP contribution < -0.4 is 15.4 Å². The van der Waals surface area contributed by atoms with Crippen molar-refractivity contribution in [3.63, 3.8) is 0 Å². The first-order chi connectivity index (χ1) is 16.3. The van der Waals surface area contributed by atoms with Gasteiger partial charge in [-0.1, -0.05) is 13.8 Å². The molecule has 3 heterocycles. The van der Waals surface area contributed by atoms with Gasteiger partial charge in [-0.15, -0.1) is 0 Å². The summed E-state index contributed by atoms with van der Waals surface area (Å²) in [5.41, 5.74) is 8.35. The number of rotatable bonds is 3. The molecule has 1 unspecified atom stereocenters. The van der Waals surface area contributed by atoms with Gasteiger partial charge in [0.1, 0.15) is 29.0 Å². The van der Waals surface area contributed by atoms with Crippen LogP contribution in [0.15, 0.2) is 47.1 Å². The number of ketones is 1. The van der Waals surface area contributed by atoms with Crippen molar-refractivity contribution in [3.8, 4) is 11.8 Å². The van der Waals surface area contributed by atoms with Gasteiger partial charge in [-0.25, -0.2) is 4.98 Å². The van der Waals surface area contributed by atoms with E-state index >= 15 is 0 Å². The molecule has 5 rings (SSSR count). The standard InChI is InChI=1S/C26H28N4O4/c1-26(2)12-20(31)23-21(13-26)34-24(28)18(14-27)22(23)17-11-15-10-16(32-3)4-5-19(15)29-25(17)30-6-8-33-9-7-30/h4-5,10-11,22H,6-9,12-13,28H2,1-3H3. The lowest BCUT2D eigenvalue weighted by atomic mass is 9.70. The first-order valence-electron chi connectivity index (χ1n) is 11.5. The fourth-order valence-corrected chi connectivity index (χ4v) is 5.12. The number of carbonyl (C=O) groups is 1. The van der Waals surface area contributed by atoms with E-state index in [0.29, 0.717) is 56.2 Å². The lowest BCUT2D eigenvalue weighted by molar-refractivity contribution is -0.119. The van der Waals surface area contributed by atoms with Gasteiger partial charge < -0.3 is 24.8 Å². The van der Waals surface area contributed by atoms with E-state index in [1.807, 2.05) is 38.1 Å². The zero-order valence-corrected chi connectivity index (χ0v) is 19.7. The number of Topliss-reactive ketones (excluding diaryl/α,β-unsaturated/α-hetero) is 1. The highest BCUT2D eigenvalue weighted by atomic mass is 16.5. The summed E-state index contributed by atoms with van der Waals surface area (Å²) in [6.07, 6.45) is 0.956. The number of nitrogens with zero attached hydrogens (tertiary/aromatic N) is 3. The molecule has 34 heavy (non-hydrogen) atoms. The molecule has 3 aliphatic rings. The SMILES string of the molecule is COc1ccc2nc(N3CCOCC3)c(C3C(C#N)=C(N)OC4=C3C(=O)CC(C)(C)C4)cc2c1. The van der Waals surface area contributed by atoms with E-state index in [0.717, 1.165) is 22.3 Å². The molecule has 2 aromatic rings. The highest BCUT2D eigenvalue weighted by Crippen LogP contribution is 2.49. The molecule has 0 saturated carbocycles. The molecule has 1 aromatic carbocycles. The van der Waals surface area contributed by atoms with Crippen LogP contribution in [0.2, 0.25) is 0 Å². The smallest absolute Gasteiger partial charge is 0.205 e. The van der Waals surface area contributed by atoms with Crippen molar-refractivity contribution in [2.75, 3.05) is 38.3 Å². The van der Waals surface area contributed by atoms with Gasteiger partial charge in [0, 0.05) is 42.5 Å². The maximum Gasteiger partial charge on any atom is 0.205 e. The Morgan fingerprint density at radius 2 is 2.00 bits per heavy atom. The molecule has 0 radical (unpaired) electrons. The molecule has 1 fully saturated rings. The third kappa shape index (κ3) is 3.76. The predicted octanol–water partition coefficient (Wildman–Crippen LogP) is 3.53. The van der Waals surface area contributed by atoms with Gasteiger partial charge in [0.05, 0.1) is 31.8 Å². The normalized spacial score (nSPS) is 22.4. The largest absolute Gasteiger partial charge is 0.497 e. The average molecular weight is 461 g/mol. The van der Waals surface area contributed by atoms with Crippen LogP contribution in [0, 0.1) is 16.7 Å². The topological polar surface area (TPSA) is 111 Å². The first kappa shape index (κ1) is 22.2. The third-order valence-electron chi connectivity index (χ3n) is 6.73. The molecule has 1 aliphatic carbocycles. The van der Waals surface area contributed by atoms with E-state index in [2.05, 4.69) is 11.0 Å². The van der Waals surface area contributed by atoms with Gasteiger partial charge in [0.25, 0.3) is 0 Å². The van der Waals surface area contributed by atoms with E-state index in [-0.39, 0.29) is 22.7 Å². The predicted molar refractivity (Wildman–Crippen MR) is 127 cm³/mol. The lowest BCUT2D eigenvalue weighted by Gasteiger charge is -2.38. The molecule has 2 N–H and O–H groups in total. The van der Waals surface area contributed by atoms with E-state index < -0.39 is 5.92 Å². The Balaban J connectivity index is 1.77. The number of allylic oxidation sites excluding steroid dienone is 3. The Morgan fingerprint density at radius 1 is 1.24 bits per heavy atom. The number of hydrogen-bond donors (Lipinski definition) is 1. The van der Waals surface area contributed by atoms with Crippen LogP contribution in [-0.2, 0) is 14.3 Å². The molecule has 2 aliphatic heterocycles. The molecule has 176 valence electrons. The Hall–Kier alpha value is -3.57. The maximum absolute atomic E-state index is 13.5. The Morgan fingerprint density at radius 3 is 2.71 bits per heavy atom. The molecule has 0 bridgehead atoms. The highest BCUT2D eigenvalue weighted by Gasteiger charge is 2.44. The Labute approximate surface area is 198 Å². The Kier molecular flexibility index (Phi) is 5.45. The second kappa shape index (κ2) is 8.33. The molecule has 0 spiro atoms. The van der Waals surface area contributed by atoms with Crippen LogP contribution in [0.25, 0.3) is 10.9 Å². The van der Waals surface area contributed by atoms with Crippen molar-refractivity contribution in [2.24, 2.45) is 11.1 Å². The van der Waals surface area contributed by atoms with E-state index in [1.165, 1.54) is 0 Å². The van der Waals surface area contributed by atoms with Crippen LogP contribution in [0.3, 0.4) is 0 Å². The maximum atomic E-state index is 13.5. The van der Waals surface area contributed by atoms with Gasteiger partial charge in [-0.05, 0) is 29.7 Å².